The van der Waals surface area contributed by atoms with Crippen molar-refractivity contribution in [3.63, 3.8) is 0 Å². The van der Waals surface area contributed by atoms with E-state index in [1.54, 1.807) is 0 Å². The Morgan fingerprint density at radius 1 is 1.25 bits per heavy atom. The third-order valence-electron chi connectivity index (χ3n) is 5.60. The van der Waals surface area contributed by atoms with E-state index in [9.17, 15) is 9.90 Å². The van der Waals surface area contributed by atoms with Crippen LogP contribution in [0.5, 0.6) is 0 Å². The van der Waals surface area contributed by atoms with Crippen molar-refractivity contribution in [1.29, 1.82) is 0 Å². The molecule has 3 aliphatic carbocycles. The molecule has 1 spiro atoms. The van der Waals surface area contributed by atoms with Crippen LogP contribution in [-0.4, -0.2) is 22.8 Å². The zero-order valence-electron chi connectivity index (χ0n) is 9.39. The number of fused-ring (bicyclic) bond motifs is 6. The van der Waals surface area contributed by atoms with E-state index in [-0.39, 0.29) is 29.5 Å². The Morgan fingerprint density at radius 2 is 2.00 bits per heavy atom. The minimum Gasteiger partial charge on any atom is -0.459 e. The van der Waals surface area contributed by atoms with Gasteiger partial charge in [0, 0.05) is 5.92 Å². The minimum absolute atomic E-state index is 0.00171. The molecule has 16 heavy (non-hydrogen) atoms. The molecule has 1 saturated heterocycles. The standard InChI is InChI=1S/C13H18O3/c14-9-6-7-5-8(9)10-11(7)13(16-12(10)15)3-1-2-4-13/h7-11,14H,1-6H2. The Bertz CT molecular complexity index is 345. The molecule has 3 heteroatoms. The number of aliphatic hydroxyl groups excluding tert-OH is 1. The number of aliphatic hydroxyl groups is 1. The predicted molar refractivity (Wildman–Crippen MR) is 56.5 cm³/mol. The molecule has 0 amide bonds. The minimum atomic E-state index is -0.240. The number of hydrogen-bond donors (Lipinski definition) is 1. The number of ether oxygens (including phenoxy) is 1. The summed E-state index contributed by atoms with van der Waals surface area (Å²) in [5, 5.41) is 9.91. The maximum atomic E-state index is 12.0. The SMILES string of the molecule is O=C1OC2(CCCC2)C2C3CC(O)C(C3)C12. The van der Waals surface area contributed by atoms with Crippen LogP contribution in [0.4, 0.5) is 0 Å². The smallest absolute Gasteiger partial charge is 0.310 e. The van der Waals surface area contributed by atoms with Crippen LogP contribution in [0.3, 0.4) is 0 Å². The van der Waals surface area contributed by atoms with Crippen LogP contribution in [0, 0.1) is 23.7 Å². The fourth-order valence-corrected chi connectivity index (χ4v) is 5.15. The van der Waals surface area contributed by atoms with Gasteiger partial charge in [-0.2, -0.15) is 0 Å². The quantitative estimate of drug-likeness (QED) is 0.632. The fraction of sp³-hybridized carbons (Fsp3) is 0.923. The topological polar surface area (TPSA) is 46.5 Å². The largest absolute Gasteiger partial charge is 0.459 e. The number of carbonyl (C=O) groups excluding carboxylic acids is 1. The van der Waals surface area contributed by atoms with Crippen LogP contribution in [-0.2, 0) is 9.53 Å². The molecule has 3 saturated carbocycles. The third kappa shape index (κ3) is 0.922. The molecule has 1 heterocycles. The molecule has 88 valence electrons. The van der Waals surface area contributed by atoms with Gasteiger partial charge in [-0.05, 0) is 50.4 Å². The van der Waals surface area contributed by atoms with E-state index in [2.05, 4.69) is 0 Å². The molecule has 0 aromatic heterocycles. The lowest BCUT2D eigenvalue weighted by Crippen LogP contribution is -2.40. The first-order valence-electron chi connectivity index (χ1n) is 6.62. The zero-order valence-corrected chi connectivity index (χ0v) is 9.39. The molecule has 4 fully saturated rings. The molecule has 0 radical (unpaired) electrons. The highest BCUT2D eigenvalue weighted by Gasteiger charge is 2.68. The Balaban J connectivity index is 1.75. The summed E-state index contributed by atoms with van der Waals surface area (Å²) in [7, 11) is 0. The number of rotatable bonds is 0. The molecule has 2 bridgehead atoms. The van der Waals surface area contributed by atoms with Crippen molar-refractivity contribution in [3.05, 3.63) is 0 Å². The number of carbonyl (C=O) groups is 1. The lowest BCUT2D eigenvalue weighted by molar-refractivity contribution is -0.152. The molecule has 5 unspecified atom stereocenters. The van der Waals surface area contributed by atoms with Gasteiger partial charge in [0.15, 0.2) is 0 Å². The molecule has 5 atom stereocenters. The first-order valence-corrected chi connectivity index (χ1v) is 6.62. The number of esters is 1. The van der Waals surface area contributed by atoms with E-state index in [1.165, 1.54) is 12.8 Å². The fourth-order valence-electron chi connectivity index (χ4n) is 5.15. The van der Waals surface area contributed by atoms with Crippen LogP contribution in [0.15, 0.2) is 0 Å². The summed E-state index contributed by atoms with van der Waals surface area (Å²) in [5.41, 5.74) is -0.110. The molecular formula is C13H18O3. The second-order valence-electron chi connectivity index (χ2n) is 6.21. The molecule has 0 aromatic rings. The van der Waals surface area contributed by atoms with Crippen LogP contribution in [0.1, 0.15) is 38.5 Å². The first-order chi connectivity index (χ1) is 7.71. The average molecular weight is 222 g/mol. The highest BCUT2D eigenvalue weighted by molar-refractivity contribution is 5.77. The van der Waals surface area contributed by atoms with Gasteiger partial charge in [0.2, 0.25) is 0 Å². The van der Waals surface area contributed by atoms with Gasteiger partial charge in [0.05, 0.1) is 12.0 Å². The van der Waals surface area contributed by atoms with Crippen molar-refractivity contribution in [2.75, 3.05) is 0 Å². The summed E-state index contributed by atoms with van der Waals surface area (Å²) in [6, 6.07) is 0. The Hall–Kier alpha value is -0.570. The van der Waals surface area contributed by atoms with Crippen molar-refractivity contribution in [3.8, 4) is 0 Å². The highest BCUT2D eigenvalue weighted by Crippen LogP contribution is 2.63. The monoisotopic (exact) mass is 222 g/mol. The van der Waals surface area contributed by atoms with Crippen LogP contribution in [0.25, 0.3) is 0 Å². The van der Waals surface area contributed by atoms with E-state index >= 15 is 0 Å². The molecule has 4 aliphatic rings. The van der Waals surface area contributed by atoms with E-state index in [4.69, 9.17) is 4.74 Å². The summed E-state index contributed by atoms with van der Waals surface area (Å²) in [6.45, 7) is 0. The zero-order chi connectivity index (χ0) is 10.9. The summed E-state index contributed by atoms with van der Waals surface area (Å²) in [4.78, 5) is 12.0. The highest BCUT2D eigenvalue weighted by atomic mass is 16.6. The van der Waals surface area contributed by atoms with Crippen molar-refractivity contribution in [2.24, 2.45) is 23.7 Å². The molecule has 4 rings (SSSR count). The molecule has 0 aromatic carbocycles. The second-order valence-corrected chi connectivity index (χ2v) is 6.21. The van der Waals surface area contributed by atoms with Crippen LogP contribution in [0.2, 0.25) is 0 Å². The van der Waals surface area contributed by atoms with Crippen molar-refractivity contribution in [2.45, 2.75) is 50.2 Å². The molecule has 3 nitrogen and oxygen atoms in total. The van der Waals surface area contributed by atoms with Gasteiger partial charge in [-0.25, -0.2) is 0 Å². The maximum absolute atomic E-state index is 12.0. The lowest BCUT2D eigenvalue weighted by Gasteiger charge is -2.34. The lowest BCUT2D eigenvalue weighted by atomic mass is 9.71. The van der Waals surface area contributed by atoms with Gasteiger partial charge < -0.3 is 9.84 Å². The summed E-state index contributed by atoms with van der Waals surface area (Å²) in [6.07, 6.45) is 6.28. The van der Waals surface area contributed by atoms with Crippen LogP contribution < -0.4 is 0 Å². The van der Waals surface area contributed by atoms with Gasteiger partial charge in [0.25, 0.3) is 0 Å². The van der Waals surface area contributed by atoms with E-state index < -0.39 is 0 Å². The van der Waals surface area contributed by atoms with Gasteiger partial charge in [0.1, 0.15) is 5.60 Å². The summed E-state index contributed by atoms with van der Waals surface area (Å²) < 4.78 is 5.76. The first kappa shape index (κ1) is 9.46. The van der Waals surface area contributed by atoms with E-state index in [0.717, 1.165) is 25.7 Å². The molecular weight excluding hydrogens is 204 g/mol. The third-order valence-corrected chi connectivity index (χ3v) is 5.60. The molecule has 1 aliphatic heterocycles. The van der Waals surface area contributed by atoms with Crippen LogP contribution >= 0.6 is 0 Å². The van der Waals surface area contributed by atoms with Gasteiger partial charge in [-0.3, -0.25) is 4.79 Å². The van der Waals surface area contributed by atoms with Crippen molar-refractivity contribution < 1.29 is 14.6 Å². The number of hydrogen-bond acceptors (Lipinski definition) is 3. The predicted octanol–water partition coefficient (Wildman–Crippen LogP) is 1.49. The Kier molecular flexibility index (Phi) is 1.66. The maximum Gasteiger partial charge on any atom is 0.310 e. The average Bonchev–Trinajstić information content (AvgIpc) is 2.92. The normalized spacial score (nSPS) is 52.3. The van der Waals surface area contributed by atoms with Crippen molar-refractivity contribution >= 4 is 5.97 Å². The second kappa shape index (κ2) is 2.81. The van der Waals surface area contributed by atoms with Gasteiger partial charge >= 0.3 is 5.97 Å². The Labute approximate surface area is 95.2 Å². The summed E-state index contributed by atoms with van der Waals surface area (Å²) in [5.74, 6) is 1.23. The van der Waals surface area contributed by atoms with E-state index in [1.807, 2.05) is 0 Å². The summed E-state index contributed by atoms with van der Waals surface area (Å²) >= 11 is 0. The Morgan fingerprint density at radius 3 is 2.75 bits per heavy atom. The van der Waals surface area contributed by atoms with Gasteiger partial charge in [-0.15, -0.1) is 0 Å². The molecule has 1 N–H and O–H groups in total. The van der Waals surface area contributed by atoms with Gasteiger partial charge in [-0.1, -0.05) is 0 Å². The van der Waals surface area contributed by atoms with E-state index in [0.29, 0.717) is 11.8 Å². The van der Waals surface area contributed by atoms with Crippen molar-refractivity contribution in [1.82, 2.24) is 0 Å².